The molecule has 0 amide bonds. The molecule has 0 radical (unpaired) electrons. The molecule has 1 atom stereocenters. The van der Waals surface area contributed by atoms with Gasteiger partial charge in [0, 0.05) is 19.8 Å². The van der Waals surface area contributed by atoms with Gasteiger partial charge in [-0.2, -0.15) is 0 Å². The number of halogens is 1. The van der Waals surface area contributed by atoms with Crippen molar-refractivity contribution in [3.05, 3.63) is 65.0 Å². The number of rotatable bonds is 4. The van der Waals surface area contributed by atoms with Crippen molar-refractivity contribution in [3.63, 3.8) is 0 Å². The predicted octanol–water partition coefficient (Wildman–Crippen LogP) is 3.51. The summed E-state index contributed by atoms with van der Waals surface area (Å²) in [4.78, 5) is 2.07. The zero-order valence-corrected chi connectivity index (χ0v) is 12.4. The average molecular weight is 272 g/mol. The maximum absolute atomic E-state index is 13.2. The van der Waals surface area contributed by atoms with E-state index in [1.165, 1.54) is 17.3 Å². The van der Waals surface area contributed by atoms with Crippen LogP contribution in [-0.4, -0.2) is 21.1 Å². The summed E-state index contributed by atoms with van der Waals surface area (Å²) in [5, 5.41) is 3.31. The summed E-state index contributed by atoms with van der Waals surface area (Å²) >= 11 is 0. The van der Waals surface area contributed by atoms with E-state index >= 15 is 0 Å². The Hall–Kier alpha value is -1.87. The Balaban J connectivity index is 2.36. The first-order chi connectivity index (χ1) is 9.52. The van der Waals surface area contributed by atoms with Gasteiger partial charge in [0.15, 0.2) is 0 Å². The molecule has 1 unspecified atom stereocenters. The Morgan fingerprint density at radius 3 is 2.20 bits per heavy atom. The molecular formula is C17H21FN2. The van der Waals surface area contributed by atoms with Gasteiger partial charge in [0.1, 0.15) is 5.82 Å². The molecule has 0 aliphatic carbocycles. The molecule has 0 heterocycles. The molecule has 2 aromatic rings. The number of anilines is 1. The monoisotopic (exact) mass is 272 g/mol. The van der Waals surface area contributed by atoms with Crippen LogP contribution in [0.15, 0.2) is 42.5 Å². The van der Waals surface area contributed by atoms with Crippen molar-refractivity contribution < 1.29 is 4.39 Å². The van der Waals surface area contributed by atoms with E-state index in [1.54, 1.807) is 6.07 Å². The molecule has 0 bridgehead atoms. The third kappa shape index (κ3) is 2.99. The van der Waals surface area contributed by atoms with Crippen LogP contribution in [0, 0.1) is 12.7 Å². The quantitative estimate of drug-likeness (QED) is 0.916. The van der Waals surface area contributed by atoms with E-state index in [1.807, 2.05) is 34.1 Å². The Bertz CT molecular complexity index is 576. The van der Waals surface area contributed by atoms with E-state index in [4.69, 9.17) is 0 Å². The van der Waals surface area contributed by atoms with Crippen LogP contribution in [0.5, 0.6) is 0 Å². The van der Waals surface area contributed by atoms with Gasteiger partial charge in [-0.15, -0.1) is 0 Å². The van der Waals surface area contributed by atoms with E-state index in [0.29, 0.717) is 0 Å². The molecule has 2 aromatic carbocycles. The molecule has 0 spiro atoms. The molecular weight excluding hydrogens is 251 g/mol. The van der Waals surface area contributed by atoms with Crippen molar-refractivity contribution >= 4 is 5.69 Å². The number of nitrogens with zero attached hydrogens (tertiary/aromatic N) is 1. The third-order valence-corrected chi connectivity index (χ3v) is 3.57. The molecule has 0 saturated carbocycles. The average Bonchev–Trinajstić information content (AvgIpc) is 2.42. The lowest BCUT2D eigenvalue weighted by Gasteiger charge is -2.21. The van der Waals surface area contributed by atoms with Gasteiger partial charge in [-0.05, 0) is 54.9 Å². The van der Waals surface area contributed by atoms with Crippen molar-refractivity contribution in [1.29, 1.82) is 0 Å². The van der Waals surface area contributed by atoms with Crippen molar-refractivity contribution in [3.8, 4) is 0 Å². The van der Waals surface area contributed by atoms with Gasteiger partial charge >= 0.3 is 0 Å². The van der Waals surface area contributed by atoms with E-state index in [-0.39, 0.29) is 11.9 Å². The van der Waals surface area contributed by atoms with Crippen LogP contribution in [0.3, 0.4) is 0 Å². The Kier molecular flexibility index (Phi) is 4.40. The van der Waals surface area contributed by atoms with Gasteiger partial charge in [0.05, 0.1) is 6.04 Å². The largest absolute Gasteiger partial charge is 0.378 e. The Labute approximate surface area is 120 Å². The SMILES string of the molecule is CNC(c1ccc(N(C)C)cc1)c1ccc(F)cc1C. The third-order valence-electron chi connectivity index (χ3n) is 3.57. The zero-order chi connectivity index (χ0) is 14.7. The van der Waals surface area contributed by atoms with Crippen LogP contribution in [0.2, 0.25) is 0 Å². The van der Waals surface area contributed by atoms with E-state index in [0.717, 1.165) is 11.1 Å². The van der Waals surface area contributed by atoms with Crippen LogP contribution < -0.4 is 10.2 Å². The second kappa shape index (κ2) is 6.06. The van der Waals surface area contributed by atoms with E-state index in [9.17, 15) is 4.39 Å². The topological polar surface area (TPSA) is 15.3 Å². The smallest absolute Gasteiger partial charge is 0.123 e. The standard InChI is InChI=1S/C17H21FN2/c1-12-11-14(18)7-10-16(12)17(19-2)13-5-8-15(9-6-13)20(3)4/h5-11,17,19H,1-4H3. The molecule has 0 aliphatic heterocycles. The fourth-order valence-corrected chi connectivity index (χ4v) is 2.43. The van der Waals surface area contributed by atoms with Gasteiger partial charge < -0.3 is 10.2 Å². The summed E-state index contributed by atoms with van der Waals surface area (Å²) in [7, 11) is 5.97. The number of benzene rings is 2. The molecule has 0 aromatic heterocycles. The summed E-state index contributed by atoms with van der Waals surface area (Å²) in [5.41, 5.74) is 4.40. The number of hydrogen-bond acceptors (Lipinski definition) is 2. The fraction of sp³-hybridized carbons (Fsp3) is 0.294. The Morgan fingerprint density at radius 2 is 1.70 bits per heavy atom. The van der Waals surface area contributed by atoms with Crippen LogP contribution in [-0.2, 0) is 0 Å². The van der Waals surface area contributed by atoms with Gasteiger partial charge in [-0.1, -0.05) is 18.2 Å². The predicted molar refractivity (Wildman–Crippen MR) is 82.8 cm³/mol. The first kappa shape index (κ1) is 14.5. The van der Waals surface area contributed by atoms with Crippen molar-refractivity contribution in [2.24, 2.45) is 0 Å². The molecule has 0 saturated heterocycles. The molecule has 1 N–H and O–H groups in total. The summed E-state index contributed by atoms with van der Waals surface area (Å²) in [5.74, 6) is -0.191. The molecule has 0 fully saturated rings. The highest BCUT2D eigenvalue weighted by atomic mass is 19.1. The number of nitrogens with one attached hydrogen (secondary N) is 1. The lowest BCUT2D eigenvalue weighted by Crippen LogP contribution is -2.19. The minimum Gasteiger partial charge on any atom is -0.378 e. The fourth-order valence-electron chi connectivity index (χ4n) is 2.43. The number of hydrogen-bond donors (Lipinski definition) is 1. The van der Waals surface area contributed by atoms with E-state index in [2.05, 4.69) is 34.5 Å². The van der Waals surface area contributed by atoms with Crippen molar-refractivity contribution in [2.45, 2.75) is 13.0 Å². The molecule has 0 aliphatic rings. The molecule has 2 nitrogen and oxygen atoms in total. The van der Waals surface area contributed by atoms with Gasteiger partial charge in [0.2, 0.25) is 0 Å². The van der Waals surface area contributed by atoms with Crippen LogP contribution in [0.1, 0.15) is 22.7 Å². The molecule has 3 heteroatoms. The summed E-state index contributed by atoms with van der Waals surface area (Å²) in [6.45, 7) is 1.94. The maximum atomic E-state index is 13.2. The minimum absolute atomic E-state index is 0.0758. The van der Waals surface area contributed by atoms with Crippen LogP contribution in [0.4, 0.5) is 10.1 Å². The Morgan fingerprint density at radius 1 is 1.05 bits per heavy atom. The highest BCUT2D eigenvalue weighted by Gasteiger charge is 2.14. The highest BCUT2D eigenvalue weighted by molar-refractivity contribution is 5.48. The summed E-state index contributed by atoms with van der Waals surface area (Å²) < 4.78 is 13.2. The summed E-state index contributed by atoms with van der Waals surface area (Å²) in [6, 6.07) is 13.4. The van der Waals surface area contributed by atoms with E-state index < -0.39 is 0 Å². The maximum Gasteiger partial charge on any atom is 0.123 e. The number of aryl methyl sites for hydroxylation is 1. The van der Waals surface area contributed by atoms with Crippen molar-refractivity contribution in [1.82, 2.24) is 5.32 Å². The highest BCUT2D eigenvalue weighted by Crippen LogP contribution is 2.26. The van der Waals surface area contributed by atoms with Gasteiger partial charge in [0.25, 0.3) is 0 Å². The molecule has 106 valence electrons. The van der Waals surface area contributed by atoms with Crippen LogP contribution in [0.25, 0.3) is 0 Å². The first-order valence-corrected chi connectivity index (χ1v) is 6.73. The minimum atomic E-state index is -0.191. The van der Waals surface area contributed by atoms with Gasteiger partial charge in [-0.3, -0.25) is 0 Å². The second-order valence-electron chi connectivity index (χ2n) is 5.21. The first-order valence-electron chi connectivity index (χ1n) is 6.73. The lowest BCUT2D eigenvalue weighted by atomic mass is 9.95. The normalized spacial score (nSPS) is 12.2. The second-order valence-corrected chi connectivity index (χ2v) is 5.21. The summed E-state index contributed by atoms with van der Waals surface area (Å²) in [6.07, 6.45) is 0. The lowest BCUT2D eigenvalue weighted by molar-refractivity contribution is 0.621. The molecule has 2 rings (SSSR count). The zero-order valence-electron chi connectivity index (χ0n) is 12.4. The van der Waals surface area contributed by atoms with Crippen LogP contribution >= 0.6 is 0 Å². The molecule has 20 heavy (non-hydrogen) atoms. The van der Waals surface area contributed by atoms with Crippen molar-refractivity contribution in [2.75, 3.05) is 26.0 Å². The van der Waals surface area contributed by atoms with Gasteiger partial charge in [-0.25, -0.2) is 4.39 Å².